The molecule has 0 aliphatic heterocycles. The number of amides is 3. The van der Waals surface area contributed by atoms with Crippen molar-refractivity contribution in [3.8, 4) is 0 Å². The topological polar surface area (TPSA) is 123 Å². The number of benzene rings is 1. The minimum Gasteiger partial charge on any atom is -0.759 e. The molecule has 0 radical (unpaired) electrons. The summed E-state index contributed by atoms with van der Waals surface area (Å²) in [7, 11) is 0. The molecular weight excluding hydrogens is 443 g/mol. The largest absolute Gasteiger partial charge is 1.00 e. The number of aromatic nitrogens is 1. The van der Waals surface area contributed by atoms with Crippen molar-refractivity contribution in [3.05, 3.63) is 71.2 Å². The molecule has 3 N–H and O–H groups in total. The number of carbonyl (C=O) groups excluding carboxylic acids is 3. The average molecular weight is 477 g/mol. The van der Waals surface area contributed by atoms with E-state index in [0.29, 0.717) is 25.8 Å². The van der Waals surface area contributed by atoms with Gasteiger partial charge in [-0.3, -0.25) is 19.4 Å². The van der Waals surface area contributed by atoms with Crippen LogP contribution >= 0.6 is 0 Å². The zero-order valence-corrected chi connectivity index (χ0v) is 22.4. The molecule has 0 unspecified atom stereocenters. The minimum absolute atomic E-state index is 0. The van der Waals surface area contributed by atoms with Crippen LogP contribution in [0.2, 0.25) is 0 Å². The number of nitrogens with one attached hydrogen (secondary N) is 3. The molecule has 0 bridgehead atoms. The Labute approximate surface area is 223 Å². The molecule has 0 spiro atoms. The first-order valence-corrected chi connectivity index (χ1v) is 11.3. The van der Waals surface area contributed by atoms with Gasteiger partial charge in [0, 0.05) is 43.1 Å². The SMILES string of the molecule is CC(C)C[C@@H](C(=O)N[C@@H](Cc1ccccc1)C(=O)NCCc1ccccn1)[C@H](C)C(=O)N[O-].[Na+]. The molecule has 34 heavy (non-hydrogen) atoms. The van der Waals surface area contributed by atoms with Crippen molar-refractivity contribution in [1.29, 1.82) is 0 Å². The molecule has 1 aromatic carbocycles. The number of nitrogens with zero attached hydrogens (tertiary/aromatic N) is 1. The third kappa shape index (κ3) is 9.93. The van der Waals surface area contributed by atoms with Gasteiger partial charge in [0.15, 0.2) is 0 Å². The molecule has 0 saturated carbocycles. The van der Waals surface area contributed by atoms with Crippen molar-refractivity contribution >= 4 is 17.7 Å². The molecule has 178 valence electrons. The van der Waals surface area contributed by atoms with Crippen molar-refractivity contribution in [1.82, 2.24) is 21.1 Å². The maximum Gasteiger partial charge on any atom is 1.00 e. The summed E-state index contributed by atoms with van der Waals surface area (Å²) in [5.41, 5.74) is 3.13. The van der Waals surface area contributed by atoms with Crippen LogP contribution in [0.4, 0.5) is 0 Å². The second-order valence-electron chi connectivity index (χ2n) is 8.60. The molecule has 2 rings (SSSR count). The summed E-state index contributed by atoms with van der Waals surface area (Å²) >= 11 is 0. The van der Waals surface area contributed by atoms with E-state index in [2.05, 4.69) is 15.6 Å². The first-order valence-electron chi connectivity index (χ1n) is 11.3. The van der Waals surface area contributed by atoms with Gasteiger partial charge in [-0.1, -0.05) is 57.2 Å². The van der Waals surface area contributed by atoms with Crippen LogP contribution in [0.15, 0.2) is 54.7 Å². The van der Waals surface area contributed by atoms with Gasteiger partial charge in [-0.2, -0.15) is 0 Å². The Balaban J connectivity index is 0.00000578. The molecule has 3 amide bonds. The summed E-state index contributed by atoms with van der Waals surface area (Å²) in [4.78, 5) is 42.3. The smallest absolute Gasteiger partial charge is 0.759 e. The molecule has 1 heterocycles. The maximum atomic E-state index is 13.2. The number of hydrogen-bond acceptors (Lipinski definition) is 5. The van der Waals surface area contributed by atoms with Crippen molar-refractivity contribution in [2.45, 2.75) is 46.1 Å². The normalized spacial score (nSPS) is 13.2. The molecule has 8 nitrogen and oxygen atoms in total. The third-order valence-electron chi connectivity index (χ3n) is 5.50. The number of hydrogen-bond donors (Lipinski definition) is 3. The first kappa shape index (κ1) is 29.8. The van der Waals surface area contributed by atoms with Gasteiger partial charge in [-0.05, 0) is 30.0 Å². The van der Waals surface area contributed by atoms with Crippen molar-refractivity contribution in [2.24, 2.45) is 17.8 Å². The summed E-state index contributed by atoms with van der Waals surface area (Å²) < 4.78 is 0. The van der Waals surface area contributed by atoms with Gasteiger partial charge in [-0.25, -0.2) is 0 Å². The quantitative estimate of drug-likeness (QED) is 0.278. The Morgan fingerprint density at radius 3 is 2.21 bits per heavy atom. The van der Waals surface area contributed by atoms with E-state index in [1.807, 2.05) is 62.4 Å². The van der Waals surface area contributed by atoms with E-state index < -0.39 is 29.7 Å². The molecule has 2 aromatic rings. The van der Waals surface area contributed by atoms with Crippen LogP contribution in [-0.4, -0.2) is 35.3 Å². The predicted molar refractivity (Wildman–Crippen MR) is 127 cm³/mol. The Bertz CT molecular complexity index is 896. The summed E-state index contributed by atoms with van der Waals surface area (Å²) in [6, 6.07) is 14.2. The monoisotopic (exact) mass is 476 g/mol. The molecule has 0 aliphatic rings. The van der Waals surface area contributed by atoms with Crippen molar-refractivity contribution < 1.29 is 43.9 Å². The van der Waals surface area contributed by atoms with E-state index in [1.54, 1.807) is 13.1 Å². The van der Waals surface area contributed by atoms with E-state index in [-0.39, 0.29) is 41.4 Å². The van der Waals surface area contributed by atoms with Gasteiger partial charge in [0.05, 0.1) is 0 Å². The van der Waals surface area contributed by atoms with Gasteiger partial charge in [0.1, 0.15) is 6.04 Å². The molecule has 0 aliphatic carbocycles. The fourth-order valence-electron chi connectivity index (χ4n) is 3.64. The summed E-state index contributed by atoms with van der Waals surface area (Å²) in [6.45, 7) is 5.81. The second kappa shape index (κ2) is 15.6. The summed E-state index contributed by atoms with van der Waals surface area (Å²) in [5.74, 6) is -2.88. The van der Waals surface area contributed by atoms with Crippen LogP contribution in [0.5, 0.6) is 0 Å². The Hall–Kier alpha value is -2.26. The number of carbonyl (C=O) groups is 3. The first-order chi connectivity index (χ1) is 15.8. The summed E-state index contributed by atoms with van der Waals surface area (Å²) in [6.07, 6.45) is 2.98. The standard InChI is InChI=1S/C25H33N4O4.Na/c1-17(2)15-21(18(3)23(30)29-33)24(31)28-22(16-19-9-5-4-6-10-19)25(32)27-14-12-20-11-7-8-13-26-20;/h4-11,13,17-18,21-22H,12,14-16H2,1-3H3,(H3-,27,28,29,30,31,32,33);/q-1;+1/t18-,21+,22-;/m0./s1. The van der Waals surface area contributed by atoms with Crippen LogP contribution in [0.1, 0.15) is 38.4 Å². The maximum absolute atomic E-state index is 13.2. The van der Waals surface area contributed by atoms with E-state index in [9.17, 15) is 19.6 Å². The number of rotatable bonds is 12. The van der Waals surface area contributed by atoms with Crippen LogP contribution in [0.3, 0.4) is 0 Å². The Morgan fingerprint density at radius 1 is 0.941 bits per heavy atom. The number of pyridine rings is 1. The van der Waals surface area contributed by atoms with E-state index >= 15 is 0 Å². The van der Waals surface area contributed by atoms with E-state index in [4.69, 9.17) is 0 Å². The van der Waals surface area contributed by atoms with Crippen molar-refractivity contribution in [3.63, 3.8) is 0 Å². The van der Waals surface area contributed by atoms with E-state index in [1.165, 1.54) is 5.48 Å². The fraction of sp³-hybridized carbons (Fsp3) is 0.440. The van der Waals surface area contributed by atoms with Crippen molar-refractivity contribution in [2.75, 3.05) is 6.54 Å². The molecular formula is C25H33N4NaO4. The van der Waals surface area contributed by atoms with Gasteiger partial charge in [-0.15, -0.1) is 0 Å². The molecule has 0 saturated heterocycles. The minimum atomic E-state index is -0.819. The summed E-state index contributed by atoms with van der Waals surface area (Å²) in [5, 5.41) is 16.6. The molecule has 0 fully saturated rings. The zero-order chi connectivity index (χ0) is 24.2. The van der Waals surface area contributed by atoms with Gasteiger partial charge in [0.25, 0.3) is 0 Å². The average Bonchev–Trinajstić information content (AvgIpc) is 2.82. The number of hydroxylamine groups is 1. The van der Waals surface area contributed by atoms with Crippen LogP contribution in [0.25, 0.3) is 0 Å². The van der Waals surface area contributed by atoms with Crippen LogP contribution in [0, 0.1) is 23.0 Å². The Kier molecular flexibility index (Phi) is 13.7. The van der Waals surface area contributed by atoms with Gasteiger partial charge in [0.2, 0.25) is 17.7 Å². The third-order valence-corrected chi connectivity index (χ3v) is 5.50. The molecule has 9 heteroatoms. The van der Waals surface area contributed by atoms with Gasteiger partial charge >= 0.3 is 29.6 Å². The fourth-order valence-corrected chi connectivity index (χ4v) is 3.64. The predicted octanol–water partition coefficient (Wildman–Crippen LogP) is -0.616. The van der Waals surface area contributed by atoms with Crippen LogP contribution in [-0.2, 0) is 27.2 Å². The van der Waals surface area contributed by atoms with Crippen LogP contribution < -0.4 is 45.7 Å². The molecule has 1 aromatic heterocycles. The van der Waals surface area contributed by atoms with E-state index in [0.717, 1.165) is 11.3 Å². The second-order valence-corrected chi connectivity index (χ2v) is 8.60. The van der Waals surface area contributed by atoms with Gasteiger partial charge < -0.3 is 21.3 Å². The Morgan fingerprint density at radius 2 is 1.62 bits per heavy atom. The zero-order valence-electron chi connectivity index (χ0n) is 20.4. The molecule has 3 atom stereocenters.